The Labute approximate surface area is 132 Å². The molecule has 2 rings (SSSR count). The fourth-order valence-corrected chi connectivity index (χ4v) is 2.79. The summed E-state index contributed by atoms with van der Waals surface area (Å²) in [7, 11) is 2.06. The van der Waals surface area contributed by atoms with Crippen LogP contribution >= 0.6 is 0 Å². The largest absolute Gasteiger partial charge is 0.393 e. The maximum absolute atomic E-state index is 11.8. The number of benzene rings is 1. The highest BCUT2D eigenvalue weighted by molar-refractivity contribution is 5.74. The van der Waals surface area contributed by atoms with E-state index in [-0.39, 0.29) is 18.2 Å². The van der Waals surface area contributed by atoms with Crippen LogP contribution in [0, 0.1) is 0 Å². The number of anilines is 1. The number of carbonyl (C=O) groups is 1. The van der Waals surface area contributed by atoms with Crippen molar-refractivity contribution in [1.82, 2.24) is 10.6 Å². The number of aliphatic hydroxyl groups excluding tert-OH is 1. The summed E-state index contributed by atoms with van der Waals surface area (Å²) in [6.45, 7) is 1.57. The van der Waals surface area contributed by atoms with Crippen LogP contribution in [-0.4, -0.2) is 43.4 Å². The summed E-state index contributed by atoms with van der Waals surface area (Å²) in [5, 5.41) is 15.3. The van der Waals surface area contributed by atoms with Gasteiger partial charge in [-0.25, -0.2) is 4.79 Å². The number of aliphatic hydroxyl groups is 1. The van der Waals surface area contributed by atoms with Crippen molar-refractivity contribution in [2.45, 2.75) is 44.2 Å². The van der Waals surface area contributed by atoms with Gasteiger partial charge in [-0.3, -0.25) is 0 Å². The molecule has 5 nitrogen and oxygen atoms in total. The number of hydrogen-bond donors (Lipinski definition) is 3. The van der Waals surface area contributed by atoms with E-state index in [0.29, 0.717) is 6.54 Å². The molecule has 1 aromatic rings. The van der Waals surface area contributed by atoms with Crippen LogP contribution in [0.5, 0.6) is 0 Å². The molecule has 3 N–H and O–H groups in total. The number of urea groups is 1. The predicted molar refractivity (Wildman–Crippen MR) is 89.1 cm³/mol. The fraction of sp³-hybridized carbons (Fsp3) is 0.588. The molecule has 0 spiro atoms. The third-order valence-corrected chi connectivity index (χ3v) is 4.18. The molecule has 0 aromatic heterocycles. The minimum absolute atomic E-state index is 0.0937. The number of para-hydroxylation sites is 1. The fourth-order valence-electron chi connectivity index (χ4n) is 2.79. The topological polar surface area (TPSA) is 64.6 Å². The Bertz CT molecular complexity index is 444. The molecule has 0 saturated heterocycles. The summed E-state index contributed by atoms with van der Waals surface area (Å²) < 4.78 is 0. The van der Waals surface area contributed by atoms with Crippen molar-refractivity contribution in [3.05, 3.63) is 30.3 Å². The van der Waals surface area contributed by atoms with Crippen LogP contribution in [-0.2, 0) is 0 Å². The van der Waals surface area contributed by atoms with Gasteiger partial charge in [-0.05, 0) is 44.2 Å². The summed E-state index contributed by atoms with van der Waals surface area (Å²) in [6.07, 6.45) is 4.02. The molecule has 5 heteroatoms. The minimum atomic E-state index is -0.186. The molecule has 0 atom stereocenters. The molecule has 0 unspecified atom stereocenters. The summed E-state index contributed by atoms with van der Waals surface area (Å²) in [5.74, 6) is 0. The molecule has 1 saturated carbocycles. The van der Waals surface area contributed by atoms with Gasteiger partial charge in [0.1, 0.15) is 0 Å². The molecule has 2 amide bonds. The average molecular weight is 305 g/mol. The van der Waals surface area contributed by atoms with Crippen molar-refractivity contribution in [1.29, 1.82) is 0 Å². The Kier molecular flexibility index (Phi) is 6.52. The quantitative estimate of drug-likeness (QED) is 0.705. The van der Waals surface area contributed by atoms with E-state index in [1.54, 1.807) is 0 Å². The zero-order chi connectivity index (χ0) is 15.8. The van der Waals surface area contributed by atoms with Crippen LogP contribution in [0.1, 0.15) is 32.1 Å². The minimum Gasteiger partial charge on any atom is -0.393 e. The van der Waals surface area contributed by atoms with Gasteiger partial charge < -0.3 is 20.6 Å². The van der Waals surface area contributed by atoms with E-state index in [9.17, 15) is 9.90 Å². The van der Waals surface area contributed by atoms with Crippen LogP contribution in [0.2, 0.25) is 0 Å². The van der Waals surface area contributed by atoms with E-state index >= 15 is 0 Å². The van der Waals surface area contributed by atoms with Crippen molar-refractivity contribution in [2.24, 2.45) is 0 Å². The zero-order valence-electron chi connectivity index (χ0n) is 13.3. The van der Waals surface area contributed by atoms with Crippen LogP contribution in [0.3, 0.4) is 0 Å². The number of hydrogen-bond acceptors (Lipinski definition) is 3. The molecule has 0 aliphatic heterocycles. The number of rotatable bonds is 6. The van der Waals surface area contributed by atoms with Gasteiger partial charge in [0.15, 0.2) is 0 Å². The Balaban J connectivity index is 1.57. The number of carbonyl (C=O) groups excluding carboxylic acids is 1. The van der Waals surface area contributed by atoms with Crippen molar-refractivity contribution in [2.75, 3.05) is 25.0 Å². The summed E-state index contributed by atoms with van der Waals surface area (Å²) in [6, 6.07) is 10.3. The van der Waals surface area contributed by atoms with Crippen molar-refractivity contribution in [3.63, 3.8) is 0 Å². The van der Waals surface area contributed by atoms with Gasteiger partial charge in [-0.15, -0.1) is 0 Å². The van der Waals surface area contributed by atoms with E-state index in [4.69, 9.17) is 0 Å². The average Bonchev–Trinajstić information content (AvgIpc) is 2.54. The maximum Gasteiger partial charge on any atom is 0.315 e. The van der Waals surface area contributed by atoms with E-state index < -0.39 is 0 Å². The molecule has 1 aromatic carbocycles. The number of amides is 2. The molecular weight excluding hydrogens is 278 g/mol. The van der Waals surface area contributed by atoms with E-state index in [1.807, 2.05) is 18.2 Å². The lowest BCUT2D eigenvalue weighted by molar-refractivity contribution is 0.117. The Morgan fingerprint density at radius 1 is 1.23 bits per heavy atom. The molecule has 22 heavy (non-hydrogen) atoms. The summed E-state index contributed by atoms with van der Waals surface area (Å²) in [4.78, 5) is 14.0. The lowest BCUT2D eigenvalue weighted by atomic mass is 9.93. The first-order valence-electron chi connectivity index (χ1n) is 8.14. The van der Waals surface area contributed by atoms with Gasteiger partial charge in [0, 0.05) is 31.9 Å². The lowest BCUT2D eigenvalue weighted by Gasteiger charge is -2.26. The predicted octanol–water partition coefficient (Wildman–Crippen LogP) is 2.12. The highest BCUT2D eigenvalue weighted by Gasteiger charge is 2.20. The highest BCUT2D eigenvalue weighted by Crippen LogP contribution is 2.18. The van der Waals surface area contributed by atoms with Crippen LogP contribution in [0.25, 0.3) is 0 Å². The molecule has 0 radical (unpaired) electrons. The number of nitrogens with zero attached hydrogens (tertiary/aromatic N) is 1. The van der Waals surface area contributed by atoms with Crippen LogP contribution < -0.4 is 15.5 Å². The van der Waals surface area contributed by atoms with Crippen molar-refractivity contribution >= 4 is 11.7 Å². The molecule has 1 aliphatic rings. The van der Waals surface area contributed by atoms with Gasteiger partial charge in [0.25, 0.3) is 0 Å². The monoisotopic (exact) mass is 305 g/mol. The Morgan fingerprint density at radius 2 is 1.91 bits per heavy atom. The maximum atomic E-state index is 11.8. The van der Waals surface area contributed by atoms with E-state index in [1.165, 1.54) is 5.69 Å². The number of nitrogens with one attached hydrogen (secondary N) is 2. The third-order valence-electron chi connectivity index (χ3n) is 4.18. The first-order chi connectivity index (χ1) is 10.6. The van der Waals surface area contributed by atoms with Crippen molar-refractivity contribution in [3.8, 4) is 0 Å². The lowest BCUT2D eigenvalue weighted by Crippen LogP contribution is -2.44. The molecule has 1 aliphatic carbocycles. The van der Waals surface area contributed by atoms with E-state index in [0.717, 1.165) is 38.6 Å². The van der Waals surface area contributed by atoms with Gasteiger partial charge in [0.05, 0.1) is 6.10 Å². The highest BCUT2D eigenvalue weighted by atomic mass is 16.3. The zero-order valence-corrected chi connectivity index (χ0v) is 13.3. The Hall–Kier alpha value is -1.75. The molecule has 1 fully saturated rings. The van der Waals surface area contributed by atoms with E-state index in [2.05, 4.69) is 34.7 Å². The van der Waals surface area contributed by atoms with Crippen LogP contribution in [0.4, 0.5) is 10.5 Å². The van der Waals surface area contributed by atoms with Gasteiger partial charge in [-0.1, -0.05) is 18.2 Å². The normalized spacial score (nSPS) is 21.2. The molecule has 0 heterocycles. The SMILES string of the molecule is CN(CCCNC(=O)NC1CCC(O)CC1)c1ccccc1. The summed E-state index contributed by atoms with van der Waals surface area (Å²) >= 11 is 0. The second-order valence-corrected chi connectivity index (χ2v) is 6.02. The first kappa shape index (κ1) is 16.6. The van der Waals surface area contributed by atoms with Crippen molar-refractivity contribution < 1.29 is 9.90 Å². The standard InChI is InChI=1S/C17H27N3O2/c1-20(15-6-3-2-4-7-15)13-5-12-18-17(22)19-14-8-10-16(21)11-9-14/h2-4,6-7,14,16,21H,5,8-13H2,1H3,(H2,18,19,22). The first-order valence-corrected chi connectivity index (χ1v) is 8.14. The van der Waals surface area contributed by atoms with Gasteiger partial charge >= 0.3 is 6.03 Å². The van der Waals surface area contributed by atoms with Crippen LogP contribution in [0.15, 0.2) is 30.3 Å². The second-order valence-electron chi connectivity index (χ2n) is 6.02. The summed E-state index contributed by atoms with van der Waals surface area (Å²) in [5.41, 5.74) is 1.19. The van der Waals surface area contributed by atoms with Gasteiger partial charge in [-0.2, -0.15) is 0 Å². The second kappa shape index (κ2) is 8.63. The molecular formula is C17H27N3O2. The smallest absolute Gasteiger partial charge is 0.315 e. The third kappa shape index (κ3) is 5.56. The molecule has 0 bridgehead atoms. The Morgan fingerprint density at radius 3 is 2.59 bits per heavy atom. The molecule has 122 valence electrons. The van der Waals surface area contributed by atoms with Gasteiger partial charge in [0.2, 0.25) is 0 Å².